The quantitative estimate of drug-likeness (QED) is 0.219. The van der Waals surface area contributed by atoms with Gasteiger partial charge in [-0.05, 0) is 60.7 Å². The molecule has 8 aromatic rings. The standard InChI is InChI=1S/C38H25N5O2/c1-3-15-34-30(11-1)31-19-18-28(22-35(31)43(34)37-17-5-6-20-39-37)44-27-10-7-9-26(21-27)42-24-25(23-40-42)29-12-8-14-33-38(29)45-36-16-4-2-13-32(36)41-33/h1-24,41H. The molecule has 9 rings (SSSR count). The number of para-hydroxylation sites is 4. The summed E-state index contributed by atoms with van der Waals surface area (Å²) in [5.41, 5.74) is 6.81. The van der Waals surface area contributed by atoms with Crippen molar-refractivity contribution in [1.29, 1.82) is 0 Å². The van der Waals surface area contributed by atoms with Crippen LogP contribution >= 0.6 is 0 Å². The van der Waals surface area contributed by atoms with E-state index in [-0.39, 0.29) is 0 Å². The molecule has 0 unspecified atom stereocenters. The van der Waals surface area contributed by atoms with E-state index >= 15 is 0 Å². The van der Waals surface area contributed by atoms with Crippen LogP contribution in [0.15, 0.2) is 146 Å². The average Bonchev–Trinajstić information content (AvgIpc) is 3.71. The molecule has 7 nitrogen and oxygen atoms in total. The van der Waals surface area contributed by atoms with E-state index in [1.54, 1.807) is 0 Å². The third-order valence-corrected chi connectivity index (χ3v) is 8.12. The van der Waals surface area contributed by atoms with Gasteiger partial charge in [0.05, 0.1) is 34.3 Å². The van der Waals surface area contributed by atoms with E-state index in [1.807, 2.05) is 108 Å². The van der Waals surface area contributed by atoms with Crippen molar-refractivity contribution < 1.29 is 9.47 Å². The van der Waals surface area contributed by atoms with Crippen LogP contribution in [0.25, 0.3) is 44.4 Å². The zero-order chi connectivity index (χ0) is 29.7. The molecule has 0 saturated carbocycles. The Morgan fingerprint density at radius 1 is 0.667 bits per heavy atom. The highest BCUT2D eigenvalue weighted by atomic mass is 16.5. The van der Waals surface area contributed by atoms with Gasteiger partial charge in [0.2, 0.25) is 0 Å². The summed E-state index contributed by atoms with van der Waals surface area (Å²) in [7, 11) is 0. The lowest BCUT2D eigenvalue weighted by Gasteiger charge is -2.23. The van der Waals surface area contributed by atoms with E-state index in [0.717, 1.165) is 67.7 Å². The fourth-order valence-corrected chi connectivity index (χ4v) is 6.06. The molecular formula is C38H25N5O2. The molecule has 0 bridgehead atoms. The van der Waals surface area contributed by atoms with Crippen molar-refractivity contribution in [3.63, 3.8) is 0 Å². The van der Waals surface area contributed by atoms with Gasteiger partial charge in [-0.25, -0.2) is 9.67 Å². The first kappa shape index (κ1) is 25.2. The number of rotatable bonds is 5. The van der Waals surface area contributed by atoms with Crippen molar-refractivity contribution in [2.24, 2.45) is 0 Å². The minimum Gasteiger partial charge on any atom is -0.457 e. The van der Waals surface area contributed by atoms with Gasteiger partial charge >= 0.3 is 0 Å². The first-order valence-corrected chi connectivity index (χ1v) is 14.7. The molecule has 45 heavy (non-hydrogen) atoms. The maximum atomic E-state index is 6.43. The third-order valence-electron chi connectivity index (χ3n) is 8.12. The number of nitrogens with one attached hydrogen (secondary N) is 1. The molecule has 1 N–H and O–H groups in total. The van der Waals surface area contributed by atoms with Crippen LogP contribution in [0.3, 0.4) is 0 Å². The summed E-state index contributed by atoms with van der Waals surface area (Å²) in [6, 6.07) is 42.5. The summed E-state index contributed by atoms with van der Waals surface area (Å²) in [5.74, 6) is 3.90. The van der Waals surface area contributed by atoms with E-state index in [9.17, 15) is 0 Å². The van der Waals surface area contributed by atoms with Gasteiger partial charge in [-0.3, -0.25) is 4.57 Å². The molecular weight excluding hydrogens is 558 g/mol. The number of fused-ring (bicyclic) bond motifs is 5. The van der Waals surface area contributed by atoms with Gasteiger partial charge in [-0.2, -0.15) is 5.10 Å². The molecule has 214 valence electrons. The van der Waals surface area contributed by atoms with Crippen LogP contribution in [-0.2, 0) is 0 Å². The Balaban J connectivity index is 1.04. The number of hydrogen-bond donors (Lipinski definition) is 1. The normalized spacial score (nSPS) is 11.9. The Morgan fingerprint density at radius 2 is 1.49 bits per heavy atom. The monoisotopic (exact) mass is 583 g/mol. The summed E-state index contributed by atoms with van der Waals surface area (Å²) in [5, 5.41) is 10.5. The van der Waals surface area contributed by atoms with Gasteiger partial charge in [-0.1, -0.05) is 54.6 Å². The van der Waals surface area contributed by atoms with E-state index in [4.69, 9.17) is 9.47 Å². The van der Waals surface area contributed by atoms with Crippen molar-refractivity contribution in [2.75, 3.05) is 5.32 Å². The molecule has 0 spiro atoms. The largest absolute Gasteiger partial charge is 0.457 e. The zero-order valence-corrected chi connectivity index (χ0v) is 24.0. The highest BCUT2D eigenvalue weighted by Gasteiger charge is 2.21. The summed E-state index contributed by atoms with van der Waals surface area (Å²) in [6.45, 7) is 0. The van der Waals surface area contributed by atoms with Gasteiger partial charge in [-0.15, -0.1) is 0 Å². The lowest BCUT2D eigenvalue weighted by Crippen LogP contribution is -2.03. The second kappa shape index (κ2) is 10.1. The number of aromatic nitrogens is 4. The summed E-state index contributed by atoms with van der Waals surface area (Å²) >= 11 is 0. The molecule has 4 heterocycles. The lowest BCUT2D eigenvalue weighted by atomic mass is 10.1. The summed E-state index contributed by atoms with van der Waals surface area (Å²) < 4.78 is 16.8. The Kier molecular flexibility index (Phi) is 5.67. The molecule has 0 fully saturated rings. The fraction of sp³-hybridized carbons (Fsp3) is 0. The van der Waals surface area contributed by atoms with Gasteiger partial charge in [0.15, 0.2) is 11.5 Å². The van der Waals surface area contributed by atoms with Crippen LogP contribution in [-0.4, -0.2) is 19.3 Å². The highest BCUT2D eigenvalue weighted by molar-refractivity contribution is 6.09. The maximum Gasteiger partial charge on any atom is 0.158 e. The summed E-state index contributed by atoms with van der Waals surface area (Å²) in [6.07, 6.45) is 5.69. The second-order valence-electron chi connectivity index (χ2n) is 10.9. The Bertz CT molecular complexity index is 2370. The molecule has 0 saturated heterocycles. The fourth-order valence-electron chi connectivity index (χ4n) is 6.06. The predicted octanol–water partition coefficient (Wildman–Crippen LogP) is 9.67. The smallest absolute Gasteiger partial charge is 0.158 e. The van der Waals surface area contributed by atoms with E-state index < -0.39 is 0 Å². The minimum atomic E-state index is 0.714. The maximum absolute atomic E-state index is 6.43. The Labute approximate surface area is 258 Å². The van der Waals surface area contributed by atoms with Crippen molar-refractivity contribution in [3.8, 4) is 45.6 Å². The van der Waals surface area contributed by atoms with Crippen LogP contribution in [0, 0.1) is 0 Å². The van der Waals surface area contributed by atoms with Crippen LogP contribution in [0.2, 0.25) is 0 Å². The first-order chi connectivity index (χ1) is 22.3. The summed E-state index contributed by atoms with van der Waals surface area (Å²) in [4.78, 5) is 4.64. The van der Waals surface area contributed by atoms with Crippen LogP contribution in [0.4, 0.5) is 11.4 Å². The number of hydrogen-bond acceptors (Lipinski definition) is 5. The van der Waals surface area contributed by atoms with E-state index in [2.05, 4.69) is 62.4 Å². The van der Waals surface area contributed by atoms with Crippen molar-refractivity contribution in [2.45, 2.75) is 0 Å². The average molecular weight is 584 g/mol. The topological polar surface area (TPSA) is 66.1 Å². The molecule has 1 aliphatic rings. The molecule has 0 atom stereocenters. The predicted molar refractivity (Wildman–Crippen MR) is 177 cm³/mol. The number of anilines is 2. The van der Waals surface area contributed by atoms with Gasteiger partial charge in [0, 0.05) is 46.4 Å². The van der Waals surface area contributed by atoms with E-state index in [1.165, 1.54) is 5.39 Å². The second-order valence-corrected chi connectivity index (χ2v) is 10.9. The van der Waals surface area contributed by atoms with Crippen LogP contribution in [0.1, 0.15) is 0 Å². The molecule has 0 aliphatic carbocycles. The molecule has 7 heteroatoms. The lowest BCUT2D eigenvalue weighted by molar-refractivity contribution is 0.482. The zero-order valence-electron chi connectivity index (χ0n) is 24.0. The molecule has 0 amide bonds. The van der Waals surface area contributed by atoms with Crippen molar-refractivity contribution in [3.05, 3.63) is 146 Å². The van der Waals surface area contributed by atoms with Crippen molar-refractivity contribution in [1.82, 2.24) is 19.3 Å². The molecule has 1 aliphatic heterocycles. The van der Waals surface area contributed by atoms with Gasteiger partial charge in [0.1, 0.15) is 17.3 Å². The number of nitrogens with zero attached hydrogens (tertiary/aromatic N) is 4. The molecule has 5 aromatic carbocycles. The van der Waals surface area contributed by atoms with Gasteiger partial charge in [0.25, 0.3) is 0 Å². The Morgan fingerprint density at radius 3 is 2.44 bits per heavy atom. The Hall–Kier alpha value is -6.34. The van der Waals surface area contributed by atoms with E-state index in [0.29, 0.717) is 5.75 Å². The van der Waals surface area contributed by atoms with Crippen molar-refractivity contribution >= 4 is 33.2 Å². The minimum absolute atomic E-state index is 0.714. The van der Waals surface area contributed by atoms with Crippen LogP contribution in [0.5, 0.6) is 23.0 Å². The highest BCUT2D eigenvalue weighted by Crippen LogP contribution is 2.46. The molecule has 3 aromatic heterocycles. The molecule has 0 radical (unpaired) electrons. The van der Waals surface area contributed by atoms with Crippen LogP contribution < -0.4 is 14.8 Å². The first-order valence-electron chi connectivity index (χ1n) is 14.7. The SMILES string of the molecule is c1ccc(-n2c3ccccc3c3ccc(Oc4cccc(-n5cc(-c6cccc7c6Oc6ccccc6N7)cn5)c4)cc32)nc1. The number of pyridine rings is 1. The third kappa shape index (κ3) is 4.29. The number of benzene rings is 5. The van der Waals surface area contributed by atoms with Gasteiger partial charge < -0.3 is 14.8 Å². The number of ether oxygens (including phenoxy) is 2.